The third-order valence-electron chi connectivity index (χ3n) is 4.40. The van der Waals surface area contributed by atoms with Gasteiger partial charge >= 0.3 is 0 Å². The van der Waals surface area contributed by atoms with Gasteiger partial charge in [-0.15, -0.1) is 11.3 Å². The molecular formula is C18H23N3O2S. The molecule has 2 aromatic rings. The van der Waals surface area contributed by atoms with Crippen LogP contribution in [0.25, 0.3) is 0 Å². The van der Waals surface area contributed by atoms with Gasteiger partial charge in [0.1, 0.15) is 5.75 Å². The molecule has 0 bridgehead atoms. The molecule has 2 heterocycles. The molecule has 1 aromatic heterocycles. The Hall–Kier alpha value is -1.92. The summed E-state index contributed by atoms with van der Waals surface area (Å²) in [7, 11) is 1.64. The van der Waals surface area contributed by atoms with E-state index in [0.717, 1.165) is 56.2 Å². The number of aryl methyl sites for hydroxylation is 1. The van der Waals surface area contributed by atoms with Gasteiger partial charge in [0.15, 0.2) is 0 Å². The Kier molecular flexibility index (Phi) is 5.48. The van der Waals surface area contributed by atoms with Crippen LogP contribution in [0.3, 0.4) is 0 Å². The minimum Gasteiger partial charge on any atom is -0.496 e. The van der Waals surface area contributed by atoms with Gasteiger partial charge in [0, 0.05) is 43.7 Å². The van der Waals surface area contributed by atoms with Gasteiger partial charge in [-0.05, 0) is 31.0 Å². The molecule has 0 spiro atoms. The van der Waals surface area contributed by atoms with Crippen molar-refractivity contribution in [3.8, 4) is 5.75 Å². The number of benzene rings is 1. The average molecular weight is 345 g/mol. The third kappa shape index (κ3) is 3.94. The minimum atomic E-state index is 0.0869. The van der Waals surface area contributed by atoms with Crippen molar-refractivity contribution < 1.29 is 9.53 Å². The van der Waals surface area contributed by atoms with Crippen LogP contribution in [0.2, 0.25) is 0 Å². The number of amides is 1. The second kappa shape index (κ2) is 7.77. The van der Waals surface area contributed by atoms with Crippen molar-refractivity contribution in [2.75, 3.05) is 33.3 Å². The van der Waals surface area contributed by atoms with Gasteiger partial charge in [-0.25, -0.2) is 4.98 Å². The monoisotopic (exact) mass is 345 g/mol. The van der Waals surface area contributed by atoms with Crippen molar-refractivity contribution in [1.29, 1.82) is 0 Å². The van der Waals surface area contributed by atoms with Crippen molar-refractivity contribution in [3.63, 3.8) is 0 Å². The predicted octanol–water partition coefficient (Wildman–Crippen LogP) is 2.81. The van der Waals surface area contributed by atoms with Crippen molar-refractivity contribution in [3.05, 3.63) is 45.9 Å². The first-order valence-corrected chi connectivity index (χ1v) is 9.15. The Morgan fingerprint density at radius 3 is 2.92 bits per heavy atom. The van der Waals surface area contributed by atoms with Crippen molar-refractivity contribution in [1.82, 2.24) is 14.8 Å². The summed E-state index contributed by atoms with van der Waals surface area (Å²) >= 11 is 1.63. The van der Waals surface area contributed by atoms with E-state index < -0.39 is 0 Å². The Balaban J connectivity index is 1.64. The van der Waals surface area contributed by atoms with Crippen LogP contribution < -0.4 is 4.74 Å². The number of nitrogens with zero attached hydrogens (tertiary/aromatic N) is 3. The van der Waals surface area contributed by atoms with Crippen molar-refractivity contribution >= 4 is 17.2 Å². The zero-order valence-electron chi connectivity index (χ0n) is 14.2. The number of carbonyl (C=O) groups is 1. The number of thiazole rings is 1. The fourth-order valence-corrected chi connectivity index (χ4v) is 3.56. The van der Waals surface area contributed by atoms with Crippen LogP contribution in [0.1, 0.15) is 28.0 Å². The predicted molar refractivity (Wildman–Crippen MR) is 95.6 cm³/mol. The number of ether oxygens (including phenoxy) is 1. The Labute approximate surface area is 146 Å². The molecule has 1 fully saturated rings. The number of carbonyl (C=O) groups excluding carboxylic acids is 1. The molecule has 0 unspecified atom stereocenters. The van der Waals surface area contributed by atoms with Gasteiger partial charge in [0.2, 0.25) is 0 Å². The van der Waals surface area contributed by atoms with Gasteiger partial charge in [0.05, 0.1) is 18.3 Å². The fourth-order valence-electron chi connectivity index (χ4n) is 3.01. The van der Waals surface area contributed by atoms with Crippen LogP contribution >= 0.6 is 11.3 Å². The number of rotatable bonds is 4. The van der Waals surface area contributed by atoms with Gasteiger partial charge in [-0.3, -0.25) is 9.69 Å². The first-order valence-electron chi connectivity index (χ1n) is 8.20. The summed E-state index contributed by atoms with van der Waals surface area (Å²) in [6.07, 6.45) is 0.985. The van der Waals surface area contributed by atoms with E-state index in [0.29, 0.717) is 5.56 Å². The number of hydrogen-bond donors (Lipinski definition) is 0. The molecule has 3 rings (SSSR count). The summed E-state index contributed by atoms with van der Waals surface area (Å²) < 4.78 is 5.34. The van der Waals surface area contributed by atoms with E-state index in [2.05, 4.69) is 15.3 Å². The first-order chi connectivity index (χ1) is 11.7. The lowest BCUT2D eigenvalue weighted by molar-refractivity contribution is 0.0760. The molecule has 0 saturated carbocycles. The van der Waals surface area contributed by atoms with E-state index in [1.165, 1.54) is 0 Å². The van der Waals surface area contributed by atoms with Crippen molar-refractivity contribution in [2.24, 2.45) is 0 Å². The Bertz CT molecular complexity index is 688. The molecule has 6 heteroatoms. The van der Waals surface area contributed by atoms with Crippen LogP contribution in [0.4, 0.5) is 0 Å². The second-order valence-electron chi connectivity index (χ2n) is 6.09. The van der Waals surface area contributed by atoms with E-state index in [4.69, 9.17) is 4.74 Å². The van der Waals surface area contributed by atoms with Crippen molar-refractivity contribution in [2.45, 2.75) is 19.9 Å². The number of methoxy groups -OCH3 is 1. The summed E-state index contributed by atoms with van der Waals surface area (Å²) in [5, 5.41) is 2.09. The van der Waals surface area contributed by atoms with E-state index in [-0.39, 0.29) is 5.91 Å². The smallest absolute Gasteiger partial charge is 0.254 e. The molecule has 1 aromatic carbocycles. The maximum absolute atomic E-state index is 12.8. The van der Waals surface area contributed by atoms with Crippen LogP contribution in [0.5, 0.6) is 5.75 Å². The van der Waals surface area contributed by atoms with Crippen LogP contribution in [-0.2, 0) is 6.54 Å². The minimum absolute atomic E-state index is 0.0869. The summed E-state index contributed by atoms with van der Waals surface area (Å²) in [4.78, 5) is 21.5. The van der Waals surface area contributed by atoms with Crippen LogP contribution in [0, 0.1) is 6.92 Å². The molecule has 1 amide bonds. The van der Waals surface area contributed by atoms with E-state index in [9.17, 15) is 4.79 Å². The normalized spacial score (nSPS) is 16.0. The highest BCUT2D eigenvalue weighted by molar-refractivity contribution is 7.07. The Morgan fingerprint density at radius 1 is 1.29 bits per heavy atom. The highest BCUT2D eigenvalue weighted by Crippen LogP contribution is 2.20. The average Bonchev–Trinajstić information content (AvgIpc) is 2.99. The zero-order valence-corrected chi connectivity index (χ0v) is 15.0. The maximum Gasteiger partial charge on any atom is 0.254 e. The molecule has 0 atom stereocenters. The number of hydrogen-bond acceptors (Lipinski definition) is 5. The summed E-state index contributed by atoms with van der Waals surface area (Å²) in [6.45, 7) is 6.27. The van der Waals surface area contributed by atoms with Crippen LogP contribution in [0.15, 0.2) is 29.1 Å². The highest BCUT2D eigenvalue weighted by atomic mass is 32.1. The topological polar surface area (TPSA) is 45.7 Å². The maximum atomic E-state index is 12.8. The summed E-state index contributed by atoms with van der Waals surface area (Å²) in [5.74, 6) is 0.852. The van der Waals surface area contributed by atoms with Gasteiger partial charge in [0.25, 0.3) is 5.91 Å². The second-order valence-corrected chi connectivity index (χ2v) is 6.80. The summed E-state index contributed by atoms with van der Waals surface area (Å²) in [5.41, 5.74) is 4.72. The lowest BCUT2D eigenvalue weighted by Gasteiger charge is -2.22. The lowest BCUT2D eigenvalue weighted by Crippen LogP contribution is -2.35. The highest BCUT2D eigenvalue weighted by Gasteiger charge is 2.21. The fraction of sp³-hybridized carbons (Fsp3) is 0.444. The zero-order chi connectivity index (χ0) is 16.9. The third-order valence-corrected chi connectivity index (χ3v) is 5.04. The van der Waals surface area contributed by atoms with E-state index in [1.54, 1.807) is 18.4 Å². The molecule has 1 aliphatic heterocycles. The molecule has 1 saturated heterocycles. The van der Waals surface area contributed by atoms with E-state index in [1.807, 2.05) is 35.5 Å². The van der Waals surface area contributed by atoms with Gasteiger partial charge in [-0.2, -0.15) is 0 Å². The molecule has 0 aliphatic carbocycles. The molecular weight excluding hydrogens is 322 g/mol. The molecule has 0 N–H and O–H groups in total. The molecule has 128 valence electrons. The summed E-state index contributed by atoms with van der Waals surface area (Å²) in [6, 6.07) is 5.67. The molecule has 0 radical (unpaired) electrons. The lowest BCUT2D eigenvalue weighted by atomic mass is 10.1. The molecule has 1 aliphatic rings. The largest absolute Gasteiger partial charge is 0.496 e. The SMILES string of the molecule is COc1cc(C(=O)N2CCCN(Cc3cscn3)CC2)ccc1C. The van der Waals surface area contributed by atoms with Crippen LogP contribution in [-0.4, -0.2) is 54.0 Å². The Morgan fingerprint density at radius 2 is 2.17 bits per heavy atom. The standard InChI is InChI=1S/C18H23N3O2S/c1-14-4-5-15(10-17(14)23-2)18(22)21-7-3-6-20(8-9-21)11-16-12-24-13-19-16/h4-5,10,12-13H,3,6-9,11H2,1-2H3. The molecule has 24 heavy (non-hydrogen) atoms. The molecule has 5 nitrogen and oxygen atoms in total. The van der Waals surface area contributed by atoms with E-state index >= 15 is 0 Å². The van der Waals surface area contributed by atoms with Gasteiger partial charge in [-0.1, -0.05) is 6.07 Å². The number of aromatic nitrogens is 1. The first kappa shape index (κ1) is 16.9. The van der Waals surface area contributed by atoms with Gasteiger partial charge < -0.3 is 9.64 Å². The quantitative estimate of drug-likeness (QED) is 0.855.